The van der Waals surface area contributed by atoms with Crippen LogP contribution in [-0.2, 0) is 11.3 Å². The Balaban J connectivity index is 2.16. The zero-order valence-electron chi connectivity index (χ0n) is 12.5. The molecule has 108 valence electrons. The monoisotopic (exact) mass is 265 g/mol. The van der Waals surface area contributed by atoms with Gasteiger partial charge in [-0.3, -0.25) is 0 Å². The molecular formula is C16H27NO2. The van der Waals surface area contributed by atoms with Crippen LogP contribution in [0.15, 0.2) is 12.1 Å². The zero-order chi connectivity index (χ0) is 14.1. The van der Waals surface area contributed by atoms with Crippen LogP contribution >= 0.6 is 0 Å². The number of phenolic OH excluding ortho intramolecular Hbond substituents is 1. The van der Waals surface area contributed by atoms with Crippen molar-refractivity contribution in [2.45, 2.75) is 46.6 Å². The van der Waals surface area contributed by atoms with Crippen molar-refractivity contribution < 1.29 is 9.84 Å². The SMILES string of the molecule is CCCCOCCCNCc1cc(C)c(O)c(C)c1. The largest absolute Gasteiger partial charge is 0.507 e. The molecule has 0 saturated heterocycles. The fourth-order valence-electron chi connectivity index (χ4n) is 2.03. The summed E-state index contributed by atoms with van der Waals surface area (Å²) in [5, 5.41) is 13.1. The Labute approximate surface area is 117 Å². The lowest BCUT2D eigenvalue weighted by Crippen LogP contribution is -2.16. The number of hydrogen-bond donors (Lipinski definition) is 2. The van der Waals surface area contributed by atoms with Crippen molar-refractivity contribution in [3.8, 4) is 5.75 Å². The van der Waals surface area contributed by atoms with Gasteiger partial charge in [0.1, 0.15) is 5.75 Å². The topological polar surface area (TPSA) is 41.5 Å². The molecule has 19 heavy (non-hydrogen) atoms. The minimum atomic E-state index is 0.410. The fraction of sp³-hybridized carbons (Fsp3) is 0.625. The molecule has 0 aromatic heterocycles. The summed E-state index contributed by atoms with van der Waals surface area (Å²) in [5.41, 5.74) is 3.11. The number of ether oxygens (including phenoxy) is 1. The second kappa shape index (κ2) is 8.94. The lowest BCUT2D eigenvalue weighted by molar-refractivity contribution is 0.129. The van der Waals surface area contributed by atoms with E-state index in [9.17, 15) is 5.11 Å². The molecule has 1 rings (SSSR count). The van der Waals surface area contributed by atoms with Crippen LogP contribution in [0.1, 0.15) is 42.9 Å². The third-order valence-corrected chi connectivity index (χ3v) is 3.16. The predicted octanol–water partition coefficient (Wildman–Crippen LogP) is 3.31. The maximum Gasteiger partial charge on any atom is 0.121 e. The van der Waals surface area contributed by atoms with E-state index in [1.54, 1.807) is 0 Å². The first kappa shape index (κ1) is 16.0. The molecule has 3 heteroatoms. The predicted molar refractivity (Wildman–Crippen MR) is 79.6 cm³/mol. The van der Waals surface area contributed by atoms with E-state index in [1.165, 1.54) is 12.0 Å². The number of aryl methyl sites for hydroxylation is 2. The highest BCUT2D eigenvalue weighted by molar-refractivity contribution is 5.42. The van der Waals surface area contributed by atoms with Gasteiger partial charge in [0.2, 0.25) is 0 Å². The normalized spacial score (nSPS) is 10.9. The quantitative estimate of drug-likeness (QED) is 0.673. The van der Waals surface area contributed by atoms with Crippen LogP contribution in [0.4, 0.5) is 0 Å². The van der Waals surface area contributed by atoms with E-state index in [0.717, 1.165) is 50.3 Å². The molecule has 0 radical (unpaired) electrons. The van der Waals surface area contributed by atoms with Gasteiger partial charge in [0.25, 0.3) is 0 Å². The van der Waals surface area contributed by atoms with Crippen LogP contribution in [0.5, 0.6) is 5.75 Å². The molecule has 1 aromatic rings. The number of phenols is 1. The van der Waals surface area contributed by atoms with E-state index >= 15 is 0 Å². The number of rotatable bonds is 9. The number of benzene rings is 1. The van der Waals surface area contributed by atoms with Crippen molar-refractivity contribution in [2.24, 2.45) is 0 Å². The molecule has 1 aromatic carbocycles. The molecule has 3 nitrogen and oxygen atoms in total. The van der Waals surface area contributed by atoms with Gasteiger partial charge < -0.3 is 15.2 Å². The number of nitrogens with one attached hydrogen (secondary N) is 1. The molecule has 0 amide bonds. The van der Waals surface area contributed by atoms with Crippen molar-refractivity contribution in [1.29, 1.82) is 0 Å². The molecule has 0 saturated carbocycles. The third-order valence-electron chi connectivity index (χ3n) is 3.16. The molecule has 0 aliphatic carbocycles. The second-order valence-corrected chi connectivity index (χ2v) is 5.07. The highest BCUT2D eigenvalue weighted by Crippen LogP contribution is 2.22. The van der Waals surface area contributed by atoms with Gasteiger partial charge in [-0.15, -0.1) is 0 Å². The molecule has 0 bridgehead atoms. The van der Waals surface area contributed by atoms with Crippen molar-refractivity contribution in [3.05, 3.63) is 28.8 Å². The van der Waals surface area contributed by atoms with E-state index < -0.39 is 0 Å². The molecule has 0 fully saturated rings. The Hall–Kier alpha value is -1.06. The van der Waals surface area contributed by atoms with Gasteiger partial charge in [0.05, 0.1) is 0 Å². The van der Waals surface area contributed by atoms with E-state index in [2.05, 4.69) is 12.2 Å². The number of aromatic hydroxyl groups is 1. The average Bonchev–Trinajstić information content (AvgIpc) is 2.39. The fourth-order valence-corrected chi connectivity index (χ4v) is 2.03. The van der Waals surface area contributed by atoms with Gasteiger partial charge in [0, 0.05) is 19.8 Å². The van der Waals surface area contributed by atoms with Gasteiger partial charge in [-0.1, -0.05) is 25.5 Å². The summed E-state index contributed by atoms with van der Waals surface area (Å²) in [4.78, 5) is 0. The summed E-state index contributed by atoms with van der Waals surface area (Å²) in [6.07, 6.45) is 3.39. The lowest BCUT2D eigenvalue weighted by Gasteiger charge is -2.09. The Morgan fingerprint density at radius 2 is 1.74 bits per heavy atom. The summed E-state index contributed by atoms with van der Waals surface area (Å²) in [6, 6.07) is 4.07. The first-order valence-electron chi connectivity index (χ1n) is 7.22. The van der Waals surface area contributed by atoms with Crippen molar-refractivity contribution in [1.82, 2.24) is 5.32 Å². The van der Waals surface area contributed by atoms with Crippen LogP contribution in [0, 0.1) is 13.8 Å². The Morgan fingerprint density at radius 3 is 2.37 bits per heavy atom. The Morgan fingerprint density at radius 1 is 1.11 bits per heavy atom. The Kier molecular flexibility index (Phi) is 7.53. The van der Waals surface area contributed by atoms with E-state index in [0.29, 0.717) is 5.75 Å². The molecule has 0 unspecified atom stereocenters. The molecule has 0 aliphatic heterocycles. The third kappa shape index (κ3) is 6.08. The summed E-state index contributed by atoms with van der Waals surface area (Å²) in [6.45, 7) is 9.57. The van der Waals surface area contributed by atoms with Crippen LogP contribution in [0.25, 0.3) is 0 Å². The minimum Gasteiger partial charge on any atom is -0.507 e. The van der Waals surface area contributed by atoms with Crippen LogP contribution in [0.3, 0.4) is 0 Å². The summed E-state index contributed by atoms with van der Waals surface area (Å²) >= 11 is 0. The van der Waals surface area contributed by atoms with Gasteiger partial charge in [-0.25, -0.2) is 0 Å². The lowest BCUT2D eigenvalue weighted by atomic mass is 10.1. The number of hydrogen-bond acceptors (Lipinski definition) is 3. The van der Waals surface area contributed by atoms with Gasteiger partial charge in [-0.2, -0.15) is 0 Å². The molecular weight excluding hydrogens is 238 g/mol. The van der Waals surface area contributed by atoms with Crippen molar-refractivity contribution in [2.75, 3.05) is 19.8 Å². The molecule has 2 N–H and O–H groups in total. The highest BCUT2D eigenvalue weighted by atomic mass is 16.5. The highest BCUT2D eigenvalue weighted by Gasteiger charge is 2.02. The van der Waals surface area contributed by atoms with Crippen LogP contribution < -0.4 is 5.32 Å². The zero-order valence-corrected chi connectivity index (χ0v) is 12.5. The minimum absolute atomic E-state index is 0.410. The van der Waals surface area contributed by atoms with Crippen LogP contribution in [0.2, 0.25) is 0 Å². The van der Waals surface area contributed by atoms with Gasteiger partial charge in [0.15, 0.2) is 0 Å². The van der Waals surface area contributed by atoms with E-state index in [1.807, 2.05) is 26.0 Å². The smallest absolute Gasteiger partial charge is 0.121 e. The summed E-state index contributed by atoms with van der Waals surface area (Å²) in [7, 11) is 0. The van der Waals surface area contributed by atoms with Crippen molar-refractivity contribution in [3.63, 3.8) is 0 Å². The maximum atomic E-state index is 9.71. The van der Waals surface area contributed by atoms with E-state index in [-0.39, 0.29) is 0 Å². The Bertz CT molecular complexity index is 354. The summed E-state index contributed by atoms with van der Waals surface area (Å²) < 4.78 is 5.51. The standard InChI is InChI=1S/C16H27NO2/c1-4-5-8-19-9-6-7-17-12-15-10-13(2)16(18)14(3)11-15/h10-11,17-18H,4-9,12H2,1-3H3. The van der Waals surface area contributed by atoms with Gasteiger partial charge >= 0.3 is 0 Å². The maximum absolute atomic E-state index is 9.71. The second-order valence-electron chi connectivity index (χ2n) is 5.07. The molecule has 0 atom stereocenters. The first-order valence-corrected chi connectivity index (χ1v) is 7.22. The average molecular weight is 265 g/mol. The molecule has 0 heterocycles. The van der Waals surface area contributed by atoms with Crippen LogP contribution in [-0.4, -0.2) is 24.9 Å². The summed E-state index contributed by atoms with van der Waals surface area (Å²) in [5.74, 6) is 0.410. The first-order chi connectivity index (χ1) is 9.15. The molecule has 0 spiro atoms. The van der Waals surface area contributed by atoms with E-state index in [4.69, 9.17) is 4.74 Å². The number of unbranched alkanes of at least 4 members (excludes halogenated alkanes) is 1. The van der Waals surface area contributed by atoms with Crippen molar-refractivity contribution >= 4 is 0 Å². The molecule has 0 aliphatic rings. The van der Waals surface area contributed by atoms with Gasteiger partial charge in [-0.05, 0) is 49.9 Å².